The predicted molar refractivity (Wildman–Crippen MR) is 101 cm³/mol. The molecule has 0 radical (unpaired) electrons. The average Bonchev–Trinajstić information content (AvgIpc) is 2.65. The number of aliphatic carboxylic acids is 1. The van der Waals surface area contributed by atoms with Crippen LogP contribution in [0.2, 0.25) is 0 Å². The Hall–Kier alpha value is -2.56. The number of rotatable bonds is 5. The number of benzene rings is 1. The Morgan fingerprint density at radius 3 is 2.65 bits per heavy atom. The Bertz CT molecular complexity index is 824. The zero-order chi connectivity index (χ0) is 18.5. The Labute approximate surface area is 157 Å². The molecular weight excluding hydrogens is 348 g/mol. The fourth-order valence-corrected chi connectivity index (χ4v) is 3.82. The van der Waals surface area contributed by atoms with Crippen molar-refractivity contribution < 1.29 is 9.90 Å². The lowest BCUT2D eigenvalue weighted by Crippen LogP contribution is -2.43. The summed E-state index contributed by atoms with van der Waals surface area (Å²) in [4.78, 5) is 18.6. The van der Waals surface area contributed by atoms with Gasteiger partial charge in [-0.15, -0.1) is 0 Å². The van der Waals surface area contributed by atoms with Crippen molar-refractivity contribution in [3.05, 3.63) is 53.2 Å². The molecule has 0 bridgehead atoms. The molecule has 1 aliphatic rings. The molecule has 1 aromatic heterocycles. The number of nitrogens with zero attached hydrogens (tertiary/aromatic N) is 4. The smallest absolute Gasteiger partial charge is 0.307 e. The SMILES string of the molecule is Cc1ccc(SN2CCN(c3ccc(C#N)cn3)CC2)cc1CC(=O)O. The summed E-state index contributed by atoms with van der Waals surface area (Å²) in [7, 11) is 0. The van der Waals surface area contributed by atoms with E-state index >= 15 is 0 Å². The van der Waals surface area contributed by atoms with E-state index in [0.29, 0.717) is 5.56 Å². The van der Waals surface area contributed by atoms with Gasteiger partial charge in [0.05, 0.1) is 12.0 Å². The second kappa shape index (κ2) is 8.21. The van der Waals surface area contributed by atoms with Crippen LogP contribution in [0.3, 0.4) is 0 Å². The van der Waals surface area contributed by atoms with E-state index in [1.807, 2.05) is 31.2 Å². The zero-order valence-corrected chi connectivity index (χ0v) is 15.4. The first-order valence-corrected chi connectivity index (χ1v) is 9.18. The van der Waals surface area contributed by atoms with Crippen LogP contribution in [0.25, 0.3) is 0 Å². The first-order chi connectivity index (χ1) is 12.5. The summed E-state index contributed by atoms with van der Waals surface area (Å²) in [6, 6.07) is 11.8. The summed E-state index contributed by atoms with van der Waals surface area (Å²) < 4.78 is 2.29. The minimum absolute atomic E-state index is 0.0539. The minimum atomic E-state index is -0.807. The maximum Gasteiger partial charge on any atom is 0.307 e. The molecule has 0 spiro atoms. The molecule has 0 aliphatic carbocycles. The van der Waals surface area contributed by atoms with E-state index in [1.54, 1.807) is 24.2 Å². The van der Waals surface area contributed by atoms with Crippen molar-refractivity contribution >= 4 is 23.7 Å². The van der Waals surface area contributed by atoms with Crippen LogP contribution in [0, 0.1) is 18.3 Å². The Balaban J connectivity index is 1.58. The van der Waals surface area contributed by atoms with Crippen molar-refractivity contribution in [2.75, 3.05) is 31.1 Å². The molecule has 6 nitrogen and oxygen atoms in total. The van der Waals surface area contributed by atoms with Gasteiger partial charge < -0.3 is 10.0 Å². The molecule has 2 heterocycles. The Morgan fingerprint density at radius 2 is 2.04 bits per heavy atom. The van der Waals surface area contributed by atoms with Gasteiger partial charge in [0.1, 0.15) is 11.9 Å². The molecule has 0 atom stereocenters. The molecule has 2 aromatic rings. The summed E-state index contributed by atoms with van der Waals surface area (Å²) in [5.41, 5.74) is 2.44. The lowest BCUT2D eigenvalue weighted by Gasteiger charge is -2.34. The molecule has 1 fully saturated rings. The standard InChI is InChI=1S/C19H20N4O2S/c1-14-2-4-17(10-16(14)11-19(24)25)26-23-8-6-22(7-9-23)18-5-3-15(12-20)13-21-18/h2-5,10,13H,6-9,11H2,1H3,(H,24,25). The third-order valence-corrected chi connectivity index (χ3v) is 5.42. The second-order valence-corrected chi connectivity index (χ2v) is 7.35. The number of carboxylic acid groups (broad SMARTS) is 1. The number of anilines is 1. The van der Waals surface area contributed by atoms with Crippen molar-refractivity contribution in [1.29, 1.82) is 5.26 Å². The van der Waals surface area contributed by atoms with Gasteiger partial charge in [-0.25, -0.2) is 9.29 Å². The van der Waals surface area contributed by atoms with Crippen molar-refractivity contribution in [2.45, 2.75) is 18.2 Å². The topological polar surface area (TPSA) is 80.5 Å². The van der Waals surface area contributed by atoms with Gasteiger partial charge in [-0.1, -0.05) is 6.07 Å². The molecule has 0 saturated carbocycles. The van der Waals surface area contributed by atoms with Crippen molar-refractivity contribution in [3.63, 3.8) is 0 Å². The highest BCUT2D eigenvalue weighted by molar-refractivity contribution is 7.97. The molecule has 1 saturated heterocycles. The van der Waals surface area contributed by atoms with Crippen LogP contribution in [0.1, 0.15) is 16.7 Å². The first-order valence-electron chi connectivity index (χ1n) is 8.40. The summed E-state index contributed by atoms with van der Waals surface area (Å²) in [6.45, 7) is 5.43. The maximum atomic E-state index is 11.0. The van der Waals surface area contributed by atoms with Gasteiger partial charge in [0.15, 0.2) is 0 Å². The van der Waals surface area contributed by atoms with E-state index in [-0.39, 0.29) is 6.42 Å². The van der Waals surface area contributed by atoms with Crippen LogP contribution in [-0.2, 0) is 11.2 Å². The van der Waals surface area contributed by atoms with Crippen LogP contribution in [0.5, 0.6) is 0 Å². The number of hydrogen-bond acceptors (Lipinski definition) is 6. The normalized spacial score (nSPS) is 14.8. The third kappa shape index (κ3) is 4.54. The lowest BCUT2D eigenvalue weighted by atomic mass is 10.1. The monoisotopic (exact) mass is 368 g/mol. The molecule has 26 heavy (non-hydrogen) atoms. The highest BCUT2D eigenvalue weighted by Crippen LogP contribution is 2.27. The predicted octanol–water partition coefficient (Wildman–Crippen LogP) is 2.72. The number of aryl methyl sites for hydroxylation is 1. The highest BCUT2D eigenvalue weighted by Gasteiger charge is 2.19. The highest BCUT2D eigenvalue weighted by atomic mass is 32.2. The minimum Gasteiger partial charge on any atom is -0.481 e. The molecule has 134 valence electrons. The number of pyridine rings is 1. The van der Waals surface area contributed by atoms with E-state index in [4.69, 9.17) is 10.4 Å². The average molecular weight is 368 g/mol. The number of carboxylic acids is 1. The maximum absolute atomic E-state index is 11.0. The lowest BCUT2D eigenvalue weighted by molar-refractivity contribution is -0.136. The van der Waals surface area contributed by atoms with Crippen LogP contribution in [-0.4, -0.2) is 46.5 Å². The fraction of sp³-hybridized carbons (Fsp3) is 0.316. The van der Waals surface area contributed by atoms with Crippen molar-refractivity contribution in [2.24, 2.45) is 0 Å². The van der Waals surface area contributed by atoms with E-state index < -0.39 is 5.97 Å². The molecule has 3 rings (SSSR count). The van der Waals surface area contributed by atoms with Gasteiger partial charge >= 0.3 is 5.97 Å². The number of carbonyl (C=O) groups is 1. The number of aromatic nitrogens is 1. The van der Waals surface area contributed by atoms with Crippen LogP contribution < -0.4 is 4.90 Å². The molecule has 0 amide bonds. The molecule has 1 aromatic carbocycles. The van der Waals surface area contributed by atoms with Crippen molar-refractivity contribution in [3.8, 4) is 6.07 Å². The van der Waals surface area contributed by atoms with Crippen LogP contribution in [0.15, 0.2) is 41.4 Å². The molecule has 0 unspecified atom stereocenters. The molecule has 1 aliphatic heterocycles. The third-order valence-electron chi connectivity index (χ3n) is 4.34. The summed E-state index contributed by atoms with van der Waals surface area (Å²) in [5, 5.41) is 17.9. The molecular formula is C19H20N4O2S. The summed E-state index contributed by atoms with van der Waals surface area (Å²) in [5.74, 6) is 0.0894. The van der Waals surface area contributed by atoms with E-state index in [2.05, 4.69) is 20.3 Å². The van der Waals surface area contributed by atoms with E-state index in [1.165, 1.54) is 0 Å². The van der Waals surface area contributed by atoms with Crippen LogP contribution in [0.4, 0.5) is 5.82 Å². The molecule has 7 heteroatoms. The quantitative estimate of drug-likeness (QED) is 0.813. The van der Waals surface area contributed by atoms with Gasteiger partial charge in [0.25, 0.3) is 0 Å². The van der Waals surface area contributed by atoms with E-state index in [0.717, 1.165) is 48.0 Å². The second-order valence-electron chi connectivity index (χ2n) is 6.18. The number of hydrogen-bond donors (Lipinski definition) is 1. The van der Waals surface area contributed by atoms with Gasteiger partial charge in [0, 0.05) is 37.3 Å². The molecule has 1 N–H and O–H groups in total. The van der Waals surface area contributed by atoms with Gasteiger partial charge in [-0.3, -0.25) is 4.79 Å². The Kier molecular flexibility index (Phi) is 5.76. The Morgan fingerprint density at radius 1 is 1.27 bits per heavy atom. The van der Waals surface area contributed by atoms with Gasteiger partial charge in [-0.05, 0) is 54.3 Å². The zero-order valence-electron chi connectivity index (χ0n) is 14.6. The van der Waals surface area contributed by atoms with Gasteiger partial charge in [0.2, 0.25) is 0 Å². The van der Waals surface area contributed by atoms with Gasteiger partial charge in [-0.2, -0.15) is 5.26 Å². The number of nitriles is 1. The summed E-state index contributed by atoms with van der Waals surface area (Å²) in [6.07, 6.45) is 1.66. The number of piperazine rings is 1. The summed E-state index contributed by atoms with van der Waals surface area (Å²) >= 11 is 1.67. The van der Waals surface area contributed by atoms with Crippen molar-refractivity contribution in [1.82, 2.24) is 9.29 Å². The first kappa shape index (κ1) is 18.2. The fourth-order valence-electron chi connectivity index (χ4n) is 2.85. The van der Waals surface area contributed by atoms with E-state index in [9.17, 15) is 4.79 Å². The van der Waals surface area contributed by atoms with Crippen LogP contribution >= 0.6 is 11.9 Å². The largest absolute Gasteiger partial charge is 0.481 e.